The summed E-state index contributed by atoms with van der Waals surface area (Å²) in [5.41, 5.74) is 2.73. The molecule has 116 valence electrons. The molecule has 2 N–H and O–H groups in total. The van der Waals surface area contributed by atoms with Crippen molar-refractivity contribution in [1.82, 2.24) is 15.1 Å². The number of aryl methyl sites for hydroxylation is 2. The van der Waals surface area contributed by atoms with Crippen molar-refractivity contribution in [2.75, 3.05) is 6.54 Å². The van der Waals surface area contributed by atoms with Crippen LogP contribution < -0.4 is 5.32 Å². The molecule has 0 bridgehead atoms. The van der Waals surface area contributed by atoms with E-state index < -0.39 is 11.9 Å². The Morgan fingerprint density at radius 3 is 2.43 bits per heavy atom. The van der Waals surface area contributed by atoms with Crippen molar-refractivity contribution < 1.29 is 14.7 Å². The number of amides is 1. The Balaban J connectivity index is 2.65. The van der Waals surface area contributed by atoms with Gasteiger partial charge in [0.1, 0.15) is 0 Å². The predicted octanol–water partition coefficient (Wildman–Crippen LogP) is 1.52. The summed E-state index contributed by atoms with van der Waals surface area (Å²) in [5, 5.41) is 16.0. The lowest BCUT2D eigenvalue weighted by Gasteiger charge is -2.15. The number of nitrogens with one attached hydrogen (secondary N) is 1. The fraction of sp³-hybridized carbons (Fsp3) is 0.533. The molecule has 1 unspecified atom stereocenters. The van der Waals surface area contributed by atoms with Crippen molar-refractivity contribution in [2.24, 2.45) is 18.9 Å². The average Bonchev–Trinajstić information content (AvgIpc) is 2.60. The van der Waals surface area contributed by atoms with E-state index in [0.29, 0.717) is 0 Å². The number of rotatable bonds is 6. The molecule has 0 radical (unpaired) electrons. The summed E-state index contributed by atoms with van der Waals surface area (Å²) in [6, 6.07) is 0. The molecule has 1 aromatic rings. The van der Waals surface area contributed by atoms with E-state index in [1.165, 1.54) is 6.08 Å². The normalized spacial score (nSPS) is 12.9. The van der Waals surface area contributed by atoms with Crippen LogP contribution in [0.2, 0.25) is 0 Å². The highest BCUT2D eigenvalue weighted by Gasteiger charge is 2.21. The molecule has 1 atom stereocenters. The summed E-state index contributed by atoms with van der Waals surface area (Å²) in [4.78, 5) is 22.8. The molecular formula is C15H23N3O3. The minimum absolute atomic E-state index is 0.0328. The van der Waals surface area contributed by atoms with Gasteiger partial charge in [0.25, 0.3) is 0 Å². The fourth-order valence-electron chi connectivity index (χ4n) is 2.07. The number of carbonyl (C=O) groups is 2. The molecular weight excluding hydrogens is 270 g/mol. The molecule has 0 spiro atoms. The standard InChI is InChI=1S/C15H23N3O3/c1-9(2)13(15(20)21)8-16-14(19)7-6-12-10(3)17-18(5)11(12)4/h6-7,9,13H,8H2,1-5H3,(H,16,19)(H,20,21). The summed E-state index contributed by atoms with van der Waals surface area (Å²) in [5.74, 6) is -1.81. The zero-order valence-electron chi connectivity index (χ0n) is 13.2. The molecule has 0 aliphatic rings. The van der Waals surface area contributed by atoms with Gasteiger partial charge in [-0.25, -0.2) is 0 Å². The largest absolute Gasteiger partial charge is 0.481 e. The molecule has 6 nitrogen and oxygen atoms in total. The highest BCUT2D eigenvalue weighted by Crippen LogP contribution is 2.13. The van der Waals surface area contributed by atoms with Gasteiger partial charge < -0.3 is 10.4 Å². The first-order valence-corrected chi connectivity index (χ1v) is 6.93. The molecule has 0 saturated heterocycles. The molecule has 1 aromatic heterocycles. The van der Waals surface area contributed by atoms with Crippen LogP contribution in [0.15, 0.2) is 6.08 Å². The van der Waals surface area contributed by atoms with Crippen LogP contribution in [0.4, 0.5) is 0 Å². The molecule has 0 fully saturated rings. The molecule has 1 rings (SSSR count). The van der Waals surface area contributed by atoms with Gasteiger partial charge in [-0.2, -0.15) is 5.10 Å². The summed E-state index contributed by atoms with van der Waals surface area (Å²) >= 11 is 0. The maximum Gasteiger partial charge on any atom is 0.308 e. The van der Waals surface area contributed by atoms with Crippen molar-refractivity contribution in [3.63, 3.8) is 0 Å². The average molecular weight is 293 g/mol. The first-order chi connectivity index (χ1) is 9.73. The number of carboxylic acid groups (broad SMARTS) is 1. The van der Waals surface area contributed by atoms with E-state index in [2.05, 4.69) is 10.4 Å². The van der Waals surface area contributed by atoms with Gasteiger partial charge in [0.15, 0.2) is 0 Å². The zero-order valence-corrected chi connectivity index (χ0v) is 13.2. The predicted molar refractivity (Wildman–Crippen MR) is 80.7 cm³/mol. The van der Waals surface area contributed by atoms with E-state index in [1.54, 1.807) is 10.8 Å². The lowest BCUT2D eigenvalue weighted by atomic mass is 9.96. The smallest absolute Gasteiger partial charge is 0.308 e. The van der Waals surface area contributed by atoms with Crippen LogP contribution in [0.3, 0.4) is 0 Å². The second kappa shape index (κ2) is 7.06. The lowest BCUT2D eigenvalue weighted by molar-refractivity contribution is -0.143. The Kier molecular flexibility index (Phi) is 5.69. The number of carboxylic acids is 1. The zero-order chi connectivity index (χ0) is 16.2. The topological polar surface area (TPSA) is 84.2 Å². The summed E-state index contributed by atoms with van der Waals surface area (Å²) in [7, 11) is 1.85. The van der Waals surface area contributed by atoms with Crippen LogP contribution in [0.25, 0.3) is 6.08 Å². The second-order valence-electron chi connectivity index (χ2n) is 5.48. The Bertz CT molecular complexity index is 559. The van der Waals surface area contributed by atoms with Gasteiger partial charge in [0.05, 0.1) is 11.6 Å². The number of carbonyl (C=O) groups excluding carboxylic acids is 1. The highest BCUT2D eigenvalue weighted by atomic mass is 16.4. The van der Waals surface area contributed by atoms with Crippen LogP contribution in [0.5, 0.6) is 0 Å². The van der Waals surface area contributed by atoms with Crippen molar-refractivity contribution in [3.8, 4) is 0 Å². The van der Waals surface area contributed by atoms with Crippen LogP contribution in [0.1, 0.15) is 30.8 Å². The number of aliphatic carboxylic acids is 1. The van der Waals surface area contributed by atoms with E-state index in [-0.39, 0.29) is 18.4 Å². The van der Waals surface area contributed by atoms with Crippen LogP contribution in [0, 0.1) is 25.7 Å². The molecule has 1 amide bonds. The number of aromatic nitrogens is 2. The molecule has 0 aromatic carbocycles. The van der Waals surface area contributed by atoms with Crippen LogP contribution in [-0.4, -0.2) is 33.3 Å². The van der Waals surface area contributed by atoms with Crippen molar-refractivity contribution in [1.29, 1.82) is 0 Å². The molecule has 6 heteroatoms. The minimum Gasteiger partial charge on any atom is -0.481 e. The first kappa shape index (κ1) is 16.9. The summed E-state index contributed by atoms with van der Waals surface area (Å²) in [6.45, 7) is 7.58. The van der Waals surface area contributed by atoms with E-state index in [4.69, 9.17) is 5.11 Å². The van der Waals surface area contributed by atoms with Gasteiger partial charge in [0.2, 0.25) is 5.91 Å². The third kappa shape index (κ3) is 4.44. The molecule has 1 heterocycles. The van der Waals surface area contributed by atoms with Crippen molar-refractivity contribution in [2.45, 2.75) is 27.7 Å². The van der Waals surface area contributed by atoms with Crippen LogP contribution >= 0.6 is 0 Å². The van der Waals surface area contributed by atoms with Crippen molar-refractivity contribution in [3.05, 3.63) is 23.0 Å². The van der Waals surface area contributed by atoms with Gasteiger partial charge in [-0.1, -0.05) is 13.8 Å². The lowest BCUT2D eigenvalue weighted by Crippen LogP contribution is -2.34. The molecule has 0 aliphatic carbocycles. The Labute approximate surface area is 124 Å². The summed E-state index contributed by atoms with van der Waals surface area (Å²) in [6.07, 6.45) is 3.12. The van der Waals surface area contributed by atoms with Gasteiger partial charge in [-0.3, -0.25) is 14.3 Å². The Morgan fingerprint density at radius 2 is 2.00 bits per heavy atom. The van der Waals surface area contributed by atoms with E-state index in [1.807, 2.05) is 34.7 Å². The maximum absolute atomic E-state index is 11.8. The minimum atomic E-state index is -0.895. The SMILES string of the molecule is Cc1nn(C)c(C)c1C=CC(=O)NCC(C(=O)O)C(C)C. The fourth-order valence-corrected chi connectivity index (χ4v) is 2.07. The number of hydrogen-bond acceptors (Lipinski definition) is 3. The number of nitrogens with zero attached hydrogens (tertiary/aromatic N) is 2. The van der Waals surface area contributed by atoms with Gasteiger partial charge >= 0.3 is 5.97 Å². The van der Waals surface area contributed by atoms with Crippen LogP contribution in [-0.2, 0) is 16.6 Å². The Hall–Kier alpha value is -2.11. The third-order valence-electron chi connectivity index (χ3n) is 3.58. The first-order valence-electron chi connectivity index (χ1n) is 6.93. The Morgan fingerprint density at radius 1 is 1.38 bits per heavy atom. The van der Waals surface area contributed by atoms with Gasteiger partial charge in [-0.05, 0) is 25.8 Å². The monoisotopic (exact) mass is 293 g/mol. The van der Waals surface area contributed by atoms with E-state index in [9.17, 15) is 9.59 Å². The highest BCUT2D eigenvalue weighted by molar-refractivity contribution is 5.92. The van der Waals surface area contributed by atoms with Gasteiger partial charge in [0, 0.05) is 30.9 Å². The quantitative estimate of drug-likeness (QED) is 0.779. The molecule has 21 heavy (non-hydrogen) atoms. The molecule has 0 aliphatic heterocycles. The maximum atomic E-state index is 11.8. The number of hydrogen-bond donors (Lipinski definition) is 2. The second-order valence-corrected chi connectivity index (χ2v) is 5.48. The summed E-state index contributed by atoms with van der Waals surface area (Å²) < 4.78 is 1.76. The van der Waals surface area contributed by atoms with Gasteiger partial charge in [-0.15, -0.1) is 0 Å². The van der Waals surface area contributed by atoms with E-state index >= 15 is 0 Å². The third-order valence-corrected chi connectivity index (χ3v) is 3.58. The molecule has 0 saturated carbocycles. The van der Waals surface area contributed by atoms with E-state index in [0.717, 1.165) is 17.0 Å². The van der Waals surface area contributed by atoms with Crippen molar-refractivity contribution >= 4 is 18.0 Å².